The van der Waals surface area contributed by atoms with Crippen LogP contribution in [0.2, 0.25) is 0 Å². The number of benzene rings is 8. The van der Waals surface area contributed by atoms with Crippen LogP contribution in [-0.4, -0.2) is 15.0 Å². The van der Waals surface area contributed by atoms with Crippen LogP contribution in [0.25, 0.3) is 111 Å². The van der Waals surface area contributed by atoms with Crippen molar-refractivity contribution in [2.45, 2.75) is 0 Å². The molecular formula is C47H27N3O2. The van der Waals surface area contributed by atoms with Crippen LogP contribution in [0.3, 0.4) is 0 Å². The molecular weight excluding hydrogens is 639 g/mol. The molecule has 0 aliphatic heterocycles. The van der Waals surface area contributed by atoms with Crippen LogP contribution in [0, 0.1) is 0 Å². The average molecular weight is 666 g/mol. The van der Waals surface area contributed by atoms with Crippen molar-refractivity contribution in [2.24, 2.45) is 0 Å². The molecule has 52 heavy (non-hydrogen) atoms. The van der Waals surface area contributed by atoms with Crippen LogP contribution in [0.5, 0.6) is 0 Å². The minimum absolute atomic E-state index is 0.602. The topological polar surface area (TPSA) is 65.0 Å². The zero-order valence-electron chi connectivity index (χ0n) is 27.7. The first-order valence-corrected chi connectivity index (χ1v) is 17.3. The maximum atomic E-state index is 6.37. The number of fused-ring (bicyclic) bond motifs is 8. The molecule has 11 rings (SSSR count). The average Bonchev–Trinajstić information content (AvgIpc) is 3.77. The molecule has 0 radical (unpaired) electrons. The number of para-hydroxylation sites is 1. The summed E-state index contributed by atoms with van der Waals surface area (Å²) in [5.74, 6) is 1.83. The Bertz CT molecular complexity index is 3190. The van der Waals surface area contributed by atoms with Crippen molar-refractivity contribution < 1.29 is 8.83 Å². The van der Waals surface area contributed by atoms with Crippen molar-refractivity contribution >= 4 is 65.4 Å². The second-order valence-corrected chi connectivity index (χ2v) is 13.2. The van der Waals surface area contributed by atoms with Crippen LogP contribution in [0.15, 0.2) is 173 Å². The minimum atomic E-state index is 0.602. The molecule has 0 fully saturated rings. The van der Waals surface area contributed by atoms with E-state index in [0.717, 1.165) is 82.5 Å². The van der Waals surface area contributed by atoms with Gasteiger partial charge in [-0.1, -0.05) is 121 Å². The molecule has 242 valence electrons. The number of furan rings is 2. The standard InChI is InChI=1S/C47H27N3O2/c1-2-10-28(11-3-1)45-48-46(50-47(49-45)37-16-9-19-41-44(37)36-14-6-7-17-39(36)51-41)34-23-21-31-24-33(22-20-32(31)25-34)35-15-8-18-40-43(35)38-26-29-12-4-5-13-30(29)27-42(38)52-40/h1-27H. The van der Waals surface area contributed by atoms with Gasteiger partial charge in [-0.25, -0.2) is 15.0 Å². The van der Waals surface area contributed by atoms with Crippen molar-refractivity contribution in [3.8, 4) is 45.3 Å². The second kappa shape index (κ2) is 11.2. The molecule has 0 atom stereocenters. The molecule has 0 aliphatic carbocycles. The number of aromatic nitrogens is 3. The van der Waals surface area contributed by atoms with E-state index in [1.807, 2.05) is 60.7 Å². The molecule has 5 nitrogen and oxygen atoms in total. The first-order chi connectivity index (χ1) is 25.7. The lowest BCUT2D eigenvalue weighted by Crippen LogP contribution is -2.00. The van der Waals surface area contributed by atoms with E-state index < -0.39 is 0 Å². The van der Waals surface area contributed by atoms with E-state index in [1.54, 1.807) is 0 Å². The molecule has 11 aromatic rings. The van der Waals surface area contributed by atoms with Crippen LogP contribution >= 0.6 is 0 Å². The number of rotatable bonds is 4. The summed E-state index contributed by atoms with van der Waals surface area (Å²) < 4.78 is 12.6. The van der Waals surface area contributed by atoms with E-state index in [9.17, 15) is 0 Å². The predicted octanol–water partition coefficient (Wildman–Crippen LogP) is 12.6. The van der Waals surface area contributed by atoms with Crippen LogP contribution in [-0.2, 0) is 0 Å². The lowest BCUT2D eigenvalue weighted by atomic mass is 9.96. The van der Waals surface area contributed by atoms with E-state index in [0.29, 0.717) is 17.5 Å². The maximum absolute atomic E-state index is 6.37. The maximum Gasteiger partial charge on any atom is 0.164 e. The molecule has 0 unspecified atom stereocenters. The van der Waals surface area contributed by atoms with Crippen molar-refractivity contribution in [2.75, 3.05) is 0 Å². The molecule has 0 saturated carbocycles. The highest BCUT2D eigenvalue weighted by Gasteiger charge is 2.18. The van der Waals surface area contributed by atoms with Gasteiger partial charge in [0.25, 0.3) is 0 Å². The van der Waals surface area contributed by atoms with Gasteiger partial charge < -0.3 is 8.83 Å². The van der Waals surface area contributed by atoms with E-state index in [2.05, 4.69) is 103 Å². The van der Waals surface area contributed by atoms with Crippen LogP contribution in [0.1, 0.15) is 0 Å². The fraction of sp³-hybridized carbons (Fsp3) is 0. The second-order valence-electron chi connectivity index (χ2n) is 13.2. The van der Waals surface area contributed by atoms with Crippen molar-refractivity contribution in [1.29, 1.82) is 0 Å². The summed E-state index contributed by atoms with van der Waals surface area (Å²) in [6, 6.07) is 56.4. The van der Waals surface area contributed by atoms with Gasteiger partial charge in [-0.2, -0.15) is 0 Å². The number of hydrogen-bond acceptors (Lipinski definition) is 5. The molecule has 8 aromatic carbocycles. The quantitative estimate of drug-likeness (QED) is 0.187. The Morgan fingerprint density at radius 2 is 0.865 bits per heavy atom. The molecule has 0 amide bonds. The lowest BCUT2D eigenvalue weighted by Gasteiger charge is -2.10. The monoisotopic (exact) mass is 665 g/mol. The minimum Gasteiger partial charge on any atom is -0.456 e. The smallest absolute Gasteiger partial charge is 0.164 e. The molecule has 5 heteroatoms. The van der Waals surface area contributed by atoms with Gasteiger partial charge in [0.15, 0.2) is 17.5 Å². The Labute approximate surface area is 297 Å². The number of hydrogen-bond donors (Lipinski definition) is 0. The van der Waals surface area contributed by atoms with E-state index in [-0.39, 0.29) is 0 Å². The first-order valence-electron chi connectivity index (χ1n) is 17.3. The van der Waals surface area contributed by atoms with Gasteiger partial charge in [-0.05, 0) is 75.1 Å². The van der Waals surface area contributed by atoms with Gasteiger partial charge in [0, 0.05) is 38.2 Å². The third kappa shape index (κ3) is 4.53. The zero-order valence-corrected chi connectivity index (χ0v) is 27.7. The molecule has 0 spiro atoms. The zero-order chi connectivity index (χ0) is 34.2. The summed E-state index contributed by atoms with van der Waals surface area (Å²) in [5, 5.41) is 8.88. The first kappa shape index (κ1) is 28.7. The van der Waals surface area contributed by atoms with Gasteiger partial charge in [0.1, 0.15) is 22.3 Å². The van der Waals surface area contributed by atoms with E-state index in [4.69, 9.17) is 23.8 Å². The fourth-order valence-corrected chi connectivity index (χ4v) is 7.61. The van der Waals surface area contributed by atoms with Crippen molar-refractivity contribution in [3.63, 3.8) is 0 Å². The third-order valence-electron chi connectivity index (χ3n) is 10.1. The molecule has 0 saturated heterocycles. The third-order valence-corrected chi connectivity index (χ3v) is 10.1. The van der Waals surface area contributed by atoms with E-state index in [1.165, 1.54) is 10.8 Å². The fourth-order valence-electron chi connectivity index (χ4n) is 7.61. The van der Waals surface area contributed by atoms with Gasteiger partial charge >= 0.3 is 0 Å². The highest BCUT2D eigenvalue weighted by atomic mass is 16.3. The SMILES string of the molecule is c1ccc(-c2nc(-c3ccc4cc(-c5cccc6oc7cc8ccccc8cc7c56)ccc4c3)nc(-c3cccc4oc5ccccc5c34)n2)cc1. The normalized spacial score (nSPS) is 11.8. The largest absolute Gasteiger partial charge is 0.456 e. The Morgan fingerprint density at radius 1 is 0.308 bits per heavy atom. The molecule has 3 heterocycles. The number of nitrogens with zero attached hydrogens (tertiary/aromatic N) is 3. The van der Waals surface area contributed by atoms with Crippen LogP contribution in [0.4, 0.5) is 0 Å². The summed E-state index contributed by atoms with van der Waals surface area (Å²) in [6.07, 6.45) is 0. The van der Waals surface area contributed by atoms with Crippen molar-refractivity contribution in [1.82, 2.24) is 15.0 Å². The summed E-state index contributed by atoms with van der Waals surface area (Å²) in [5.41, 5.74) is 8.45. The summed E-state index contributed by atoms with van der Waals surface area (Å²) in [7, 11) is 0. The Morgan fingerprint density at radius 3 is 1.67 bits per heavy atom. The molecule has 0 aliphatic rings. The lowest BCUT2D eigenvalue weighted by molar-refractivity contribution is 0.669. The van der Waals surface area contributed by atoms with Crippen LogP contribution < -0.4 is 0 Å². The van der Waals surface area contributed by atoms with Gasteiger partial charge in [-0.3, -0.25) is 0 Å². The predicted molar refractivity (Wildman–Crippen MR) is 211 cm³/mol. The van der Waals surface area contributed by atoms with Gasteiger partial charge in [0.2, 0.25) is 0 Å². The summed E-state index contributed by atoms with van der Waals surface area (Å²) in [6.45, 7) is 0. The highest BCUT2D eigenvalue weighted by Crippen LogP contribution is 2.40. The molecule has 3 aromatic heterocycles. The Kier molecular flexibility index (Phi) is 6.18. The summed E-state index contributed by atoms with van der Waals surface area (Å²) in [4.78, 5) is 15.2. The van der Waals surface area contributed by atoms with Gasteiger partial charge in [-0.15, -0.1) is 0 Å². The molecule has 0 N–H and O–H groups in total. The van der Waals surface area contributed by atoms with E-state index >= 15 is 0 Å². The Balaban J connectivity index is 1.05. The van der Waals surface area contributed by atoms with Crippen molar-refractivity contribution in [3.05, 3.63) is 164 Å². The van der Waals surface area contributed by atoms with Gasteiger partial charge in [0.05, 0.1) is 0 Å². The highest BCUT2D eigenvalue weighted by molar-refractivity contribution is 6.16. The Hall–Kier alpha value is -7.11. The molecule has 0 bridgehead atoms. The summed E-state index contributed by atoms with van der Waals surface area (Å²) >= 11 is 0.